The van der Waals surface area contributed by atoms with Gasteiger partial charge in [-0.2, -0.15) is 0 Å². The summed E-state index contributed by atoms with van der Waals surface area (Å²) in [5.74, 6) is 0.430. The largest absolute Gasteiger partial charge is 0.282 e. The first-order valence-corrected chi connectivity index (χ1v) is 9.79. The highest BCUT2D eigenvalue weighted by molar-refractivity contribution is 7.98. The zero-order chi connectivity index (χ0) is 17.8. The molecular weight excluding hydrogens is 352 g/mol. The molecule has 7 heteroatoms. The minimum absolute atomic E-state index is 0.0288. The molecule has 0 bridgehead atoms. The average Bonchev–Trinajstić information content (AvgIpc) is 2.68. The fraction of sp³-hybridized carbons (Fsp3) is 0.111. The van der Waals surface area contributed by atoms with Crippen molar-refractivity contribution in [1.82, 2.24) is 14.5 Å². The number of nitrogens with zero attached hydrogens (tertiary/aromatic N) is 4. The summed E-state index contributed by atoms with van der Waals surface area (Å²) < 4.78 is 1.46. The van der Waals surface area contributed by atoms with Gasteiger partial charge in [0.1, 0.15) is 10.7 Å². The summed E-state index contributed by atoms with van der Waals surface area (Å²) in [5.41, 5.74) is 0.891. The Morgan fingerprint density at radius 3 is 2.40 bits per heavy atom. The van der Waals surface area contributed by atoms with Crippen molar-refractivity contribution in [2.45, 2.75) is 9.92 Å². The molecule has 1 aromatic carbocycles. The first-order chi connectivity index (χ1) is 12.2. The van der Waals surface area contributed by atoms with E-state index in [1.807, 2.05) is 42.7 Å². The maximum absolute atomic E-state index is 13.0. The van der Waals surface area contributed by atoms with Gasteiger partial charge in [-0.25, -0.2) is 9.83 Å². The zero-order valence-electron chi connectivity index (χ0n) is 13.6. The van der Waals surface area contributed by atoms with Crippen LogP contribution in [0.1, 0.15) is 0 Å². The third-order valence-electron chi connectivity index (χ3n) is 3.56. The van der Waals surface area contributed by atoms with Crippen molar-refractivity contribution in [3.63, 3.8) is 0 Å². The molecule has 2 heterocycles. The molecular formula is C18H14N4OS2. The molecule has 2 aromatic heterocycles. The third-order valence-corrected chi connectivity index (χ3v) is 4.97. The Bertz CT molecular complexity index is 993. The molecule has 0 radical (unpaired) electrons. The number of thioether (sulfide) groups is 2. The molecule has 0 aliphatic carbocycles. The molecule has 0 unspecified atom stereocenters. The van der Waals surface area contributed by atoms with Gasteiger partial charge in [-0.05, 0) is 48.9 Å². The Morgan fingerprint density at radius 2 is 1.84 bits per heavy atom. The number of aromatic nitrogens is 3. The van der Waals surface area contributed by atoms with E-state index >= 15 is 0 Å². The summed E-state index contributed by atoms with van der Waals surface area (Å²) >= 11 is 2.91. The van der Waals surface area contributed by atoms with Crippen LogP contribution in [0.5, 0.6) is 0 Å². The second kappa shape index (κ2) is 7.55. The van der Waals surface area contributed by atoms with Crippen molar-refractivity contribution < 1.29 is 0 Å². The smallest absolute Gasteiger partial charge is 0.282 e. The van der Waals surface area contributed by atoms with Crippen molar-refractivity contribution in [3.05, 3.63) is 70.4 Å². The number of pyridine rings is 1. The lowest BCUT2D eigenvalue weighted by Gasteiger charge is -2.14. The maximum atomic E-state index is 13.0. The summed E-state index contributed by atoms with van der Waals surface area (Å²) in [6, 6.07) is 13.0. The quantitative estimate of drug-likeness (QED) is 0.392. The number of benzene rings is 1. The molecule has 0 aliphatic heterocycles. The average molecular weight is 366 g/mol. The Hall–Kier alpha value is -2.56. The van der Waals surface area contributed by atoms with Gasteiger partial charge in [0.2, 0.25) is 0 Å². The van der Waals surface area contributed by atoms with Gasteiger partial charge in [0.15, 0.2) is 5.82 Å². The molecule has 0 atom stereocenters. The molecule has 0 fully saturated rings. The minimum atomic E-state index is -0.382. The van der Waals surface area contributed by atoms with Crippen molar-refractivity contribution in [2.75, 3.05) is 12.5 Å². The Kier molecular flexibility index (Phi) is 5.22. The van der Waals surface area contributed by atoms with Crippen LogP contribution in [0.15, 0.2) is 63.4 Å². The second-order valence-corrected chi connectivity index (χ2v) is 6.63. The number of hydrogen-bond acceptors (Lipinski definition) is 5. The highest BCUT2D eigenvalue weighted by Gasteiger charge is 2.19. The fourth-order valence-corrected chi connectivity index (χ4v) is 3.28. The van der Waals surface area contributed by atoms with Gasteiger partial charge in [-0.3, -0.25) is 14.3 Å². The first kappa shape index (κ1) is 17.3. The molecule has 124 valence electrons. The van der Waals surface area contributed by atoms with E-state index in [0.29, 0.717) is 22.2 Å². The Morgan fingerprint density at radius 1 is 1.08 bits per heavy atom. The number of hydrogen-bond donors (Lipinski definition) is 0. The molecule has 0 spiro atoms. The molecule has 0 saturated heterocycles. The van der Waals surface area contributed by atoms with Crippen molar-refractivity contribution in [1.29, 1.82) is 0 Å². The predicted octanol–water partition coefficient (Wildman–Crippen LogP) is 4.29. The summed E-state index contributed by atoms with van der Waals surface area (Å²) in [4.78, 5) is 26.4. The van der Waals surface area contributed by atoms with Gasteiger partial charge in [0.25, 0.3) is 11.2 Å². The van der Waals surface area contributed by atoms with E-state index in [9.17, 15) is 4.79 Å². The first-order valence-electron chi connectivity index (χ1n) is 7.34. The van der Waals surface area contributed by atoms with Crippen LogP contribution in [0.4, 0.5) is 5.69 Å². The van der Waals surface area contributed by atoms with Crippen molar-refractivity contribution in [2.24, 2.45) is 0 Å². The van der Waals surface area contributed by atoms with E-state index < -0.39 is 0 Å². The van der Waals surface area contributed by atoms with E-state index in [0.717, 1.165) is 4.90 Å². The lowest BCUT2D eigenvalue weighted by atomic mass is 10.2. The maximum Gasteiger partial charge on any atom is 0.282 e. The molecule has 0 amide bonds. The molecule has 0 aliphatic rings. The van der Waals surface area contributed by atoms with Crippen molar-refractivity contribution in [3.8, 4) is 17.2 Å². The fourth-order valence-electron chi connectivity index (χ4n) is 2.37. The van der Waals surface area contributed by atoms with Gasteiger partial charge in [0.05, 0.1) is 6.57 Å². The zero-order valence-corrected chi connectivity index (χ0v) is 15.3. The molecule has 25 heavy (non-hydrogen) atoms. The summed E-state index contributed by atoms with van der Waals surface area (Å²) in [7, 11) is 0. The topological polar surface area (TPSA) is 52.1 Å². The highest BCUT2D eigenvalue weighted by Crippen LogP contribution is 2.28. The van der Waals surface area contributed by atoms with Crippen molar-refractivity contribution >= 4 is 29.2 Å². The SMILES string of the molecule is [C-]#[N+]c1c(SC)nc(-c2ccccn2)n(-c2ccc(SC)cc2)c1=O. The van der Waals surface area contributed by atoms with E-state index in [2.05, 4.69) is 14.8 Å². The molecule has 5 nitrogen and oxygen atoms in total. The molecule has 3 rings (SSSR count). The predicted molar refractivity (Wildman–Crippen MR) is 103 cm³/mol. The Labute approximate surface area is 154 Å². The van der Waals surface area contributed by atoms with Gasteiger partial charge in [0, 0.05) is 16.8 Å². The van der Waals surface area contributed by atoms with Gasteiger partial charge in [-0.1, -0.05) is 6.07 Å². The standard InChI is InChI=1S/C18H14N4OS2/c1-19-15-17(25-3)21-16(14-6-4-5-11-20-14)22(18(15)23)12-7-9-13(24-2)10-8-12/h4-11H,2-3H3. The van der Waals surface area contributed by atoms with Crippen LogP contribution >= 0.6 is 23.5 Å². The van der Waals surface area contributed by atoms with Crippen LogP contribution in [-0.2, 0) is 0 Å². The second-order valence-electron chi connectivity index (χ2n) is 4.96. The summed E-state index contributed by atoms with van der Waals surface area (Å²) in [6.07, 6.45) is 5.45. The van der Waals surface area contributed by atoms with E-state index in [1.165, 1.54) is 16.3 Å². The number of rotatable bonds is 4. The molecule has 3 aromatic rings. The van der Waals surface area contributed by atoms with Crippen LogP contribution < -0.4 is 5.56 Å². The van der Waals surface area contributed by atoms with Gasteiger partial charge in [-0.15, -0.1) is 23.5 Å². The monoisotopic (exact) mass is 366 g/mol. The van der Waals surface area contributed by atoms with Gasteiger partial charge >= 0.3 is 0 Å². The van der Waals surface area contributed by atoms with Crippen LogP contribution in [0.25, 0.3) is 22.1 Å². The summed E-state index contributed by atoms with van der Waals surface area (Å²) in [6.45, 7) is 7.37. The molecule has 0 N–H and O–H groups in total. The van der Waals surface area contributed by atoms with Gasteiger partial charge < -0.3 is 0 Å². The highest BCUT2D eigenvalue weighted by atomic mass is 32.2. The third kappa shape index (κ3) is 3.31. The van der Waals surface area contributed by atoms with Crippen LogP contribution in [0.3, 0.4) is 0 Å². The summed E-state index contributed by atoms with van der Waals surface area (Å²) in [5, 5.41) is 0.414. The van der Waals surface area contributed by atoms with Crippen LogP contribution in [-0.4, -0.2) is 27.0 Å². The Balaban J connectivity index is 2.35. The van der Waals surface area contributed by atoms with E-state index in [-0.39, 0.29) is 11.2 Å². The lowest BCUT2D eigenvalue weighted by Crippen LogP contribution is -2.22. The van der Waals surface area contributed by atoms with E-state index in [1.54, 1.807) is 30.3 Å². The lowest BCUT2D eigenvalue weighted by molar-refractivity contribution is 0.906. The van der Waals surface area contributed by atoms with Crippen LogP contribution in [0, 0.1) is 6.57 Å². The minimum Gasteiger partial charge on any atom is -0.282 e. The van der Waals surface area contributed by atoms with E-state index in [4.69, 9.17) is 6.57 Å². The molecule has 0 saturated carbocycles. The van der Waals surface area contributed by atoms with Crippen LogP contribution in [0.2, 0.25) is 0 Å². The normalized spacial score (nSPS) is 10.4.